The van der Waals surface area contributed by atoms with Crippen LogP contribution in [0, 0.1) is 5.82 Å². The molecule has 2 aromatic heterocycles. The first-order valence-corrected chi connectivity index (χ1v) is 8.28. The van der Waals surface area contributed by atoms with E-state index in [9.17, 15) is 9.18 Å². The van der Waals surface area contributed by atoms with Gasteiger partial charge in [0.05, 0.1) is 25.5 Å². The maximum absolute atomic E-state index is 12.8. The fourth-order valence-electron chi connectivity index (χ4n) is 2.42. The lowest BCUT2D eigenvalue weighted by Gasteiger charge is -2.32. The van der Waals surface area contributed by atoms with E-state index in [1.165, 1.54) is 0 Å². The first-order chi connectivity index (χ1) is 11.2. The molecule has 0 radical (unpaired) electrons. The molecule has 1 N–H and O–H groups in total. The number of halogens is 1. The van der Waals surface area contributed by atoms with Gasteiger partial charge in [0.15, 0.2) is 5.82 Å². The minimum absolute atomic E-state index is 0.105. The van der Waals surface area contributed by atoms with Crippen LogP contribution in [-0.2, 0) is 6.54 Å². The molecule has 0 aromatic carbocycles. The van der Waals surface area contributed by atoms with Crippen molar-refractivity contribution in [1.82, 2.24) is 20.2 Å². The quantitative estimate of drug-likeness (QED) is 0.931. The number of likely N-dealkylation sites (tertiary alicyclic amines) is 1. The van der Waals surface area contributed by atoms with E-state index < -0.39 is 5.82 Å². The van der Waals surface area contributed by atoms with Crippen LogP contribution in [0.1, 0.15) is 17.7 Å². The van der Waals surface area contributed by atoms with Crippen molar-refractivity contribution in [2.24, 2.45) is 0 Å². The van der Waals surface area contributed by atoms with E-state index >= 15 is 0 Å². The Morgan fingerprint density at radius 1 is 1.48 bits per heavy atom. The summed E-state index contributed by atoms with van der Waals surface area (Å²) in [7, 11) is 0. The minimum Gasteiger partial charge on any atom is -0.458 e. The number of nitrogens with zero attached hydrogens (tertiary/aromatic N) is 3. The van der Waals surface area contributed by atoms with Crippen molar-refractivity contribution < 1.29 is 13.9 Å². The van der Waals surface area contributed by atoms with Crippen molar-refractivity contribution in [3.05, 3.63) is 40.6 Å². The van der Waals surface area contributed by atoms with Gasteiger partial charge in [-0.15, -0.1) is 11.3 Å². The second kappa shape index (κ2) is 7.36. The zero-order chi connectivity index (χ0) is 16.1. The summed E-state index contributed by atoms with van der Waals surface area (Å²) in [6.07, 6.45) is 3.61. The molecule has 0 aliphatic carbocycles. The summed E-state index contributed by atoms with van der Waals surface area (Å²) >= 11 is 1.61. The van der Waals surface area contributed by atoms with Gasteiger partial charge in [0.2, 0.25) is 0 Å². The van der Waals surface area contributed by atoms with Crippen LogP contribution in [-0.4, -0.2) is 40.1 Å². The molecule has 23 heavy (non-hydrogen) atoms. The Balaban J connectivity index is 1.51. The van der Waals surface area contributed by atoms with Crippen molar-refractivity contribution in [2.45, 2.75) is 25.5 Å². The molecule has 1 atom stereocenters. The Labute approximate surface area is 137 Å². The number of aromatic nitrogens is 2. The molecule has 1 aliphatic heterocycles. The monoisotopic (exact) mass is 336 g/mol. The third-order valence-electron chi connectivity index (χ3n) is 3.53. The van der Waals surface area contributed by atoms with Crippen LogP contribution in [0.2, 0.25) is 0 Å². The Hall–Kier alpha value is -2.22. The number of nitrogens with one attached hydrogen (secondary N) is 1. The first-order valence-electron chi connectivity index (χ1n) is 7.40. The SMILES string of the molecule is O=C(NCc1cccs1)N1CCCC(Oc2ncc(F)cn2)C1. The number of urea groups is 1. The molecule has 3 rings (SSSR count). The second-order valence-electron chi connectivity index (χ2n) is 5.25. The number of hydrogen-bond acceptors (Lipinski definition) is 5. The Kier molecular flexibility index (Phi) is 5.02. The summed E-state index contributed by atoms with van der Waals surface area (Å²) in [5.41, 5.74) is 0. The summed E-state index contributed by atoms with van der Waals surface area (Å²) in [6.45, 7) is 1.69. The molecular formula is C15H17FN4O2S. The molecule has 122 valence electrons. The van der Waals surface area contributed by atoms with Crippen LogP contribution in [0.15, 0.2) is 29.9 Å². The van der Waals surface area contributed by atoms with Crippen molar-refractivity contribution in [3.8, 4) is 6.01 Å². The van der Waals surface area contributed by atoms with E-state index in [1.807, 2.05) is 17.5 Å². The molecule has 8 heteroatoms. The zero-order valence-corrected chi connectivity index (χ0v) is 13.3. The van der Waals surface area contributed by atoms with Gasteiger partial charge in [0.1, 0.15) is 6.10 Å². The third kappa shape index (κ3) is 4.38. The van der Waals surface area contributed by atoms with Gasteiger partial charge in [-0.05, 0) is 24.3 Å². The molecule has 1 saturated heterocycles. The highest BCUT2D eigenvalue weighted by Gasteiger charge is 2.25. The van der Waals surface area contributed by atoms with Crippen LogP contribution < -0.4 is 10.1 Å². The molecule has 3 heterocycles. The molecule has 2 amide bonds. The number of ether oxygens (including phenoxy) is 1. The predicted octanol–water partition coefficient (Wildman–Crippen LogP) is 2.43. The number of carbonyl (C=O) groups excluding carboxylic acids is 1. The van der Waals surface area contributed by atoms with Gasteiger partial charge >= 0.3 is 12.0 Å². The van der Waals surface area contributed by atoms with Gasteiger partial charge in [0, 0.05) is 11.4 Å². The first kappa shape index (κ1) is 15.7. The molecular weight excluding hydrogens is 319 g/mol. The maximum atomic E-state index is 12.8. The number of thiophene rings is 1. The van der Waals surface area contributed by atoms with Crippen LogP contribution in [0.4, 0.5) is 9.18 Å². The number of carbonyl (C=O) groups is 1. The smallest absolute Gasteiger partial charge is 0.317 e. The fourth-order valence-corrected chi connectivity index (χ4v) is 3.06. The number of rotatable bonds is 4. The molecule has 2 aromatic rings. The average Bonchev–Trinajstić information content (AvgIpc) is 3.08. The van der Waals surface area contributed by atoms with Crippen molar-refractivity contribution >= 4 is 17.4 Å². The van der Waals surface area contributed by atoms with Gasteiger partial charge in [-0.25, -0.2) is 19.2 Å². The lowest BCUT2D eigenvalue weighted by atomic mass is 10.1. The molecule has 1 aliphatic rings. The van der Waals surface area contributed by atoms with Crippen molar-refractivity contribution in [2.75, 3.05) is 13.1 Å². The van der Waals surface area contributed by atoms with E-state index in [1.54, 1.807) is 16.2 Å². The summed E-state index contributed by atoms with van der Waals surface area (Å²) in [5.74, 6) is -0.504. The van der Waals surface area contributed by atoms with Gasteiger partial charge in [-0.2, -0.15) is 0 Å². The van der Waals surface area contributed by atoms with Crippen molar-refractivity contribution in [3.63, 3.8) is 0 Å². The Bertz CT molecular complexity index is 635. The topological polar surface area (TPSA) is 67.4 Å². The number of piperidine rings is 1. The van der Waals surface area contributed by atoms with Gasteiger partial charge in [-0.3, -0.25) is 0 Å². The fraction of sp³-hybridized carbons (Fsp3) is 0.400. The second-order valence-corrected chi connectivity index (χ2v) is 6.28. The van der Waals surface area contributed by atoms with Crippen LogP contribution >= 0.6 is 11.3 Å². The highest BCUT2D eigenvalue weighted by Crippen LogP contribution is 2.16. The van der Waals surface area contributed by atoms with Crippen LogP contribution in [0.3, 0.4) is 0 Å². The standard InChI is InChI=1S/C15H17FN4O2S/c16-11-7-17-14(18-8-11)22-12-3-1-5-20(10-12)15(21)19-9-13-4-2-6-23-13/h2,4,6-8,12H,1,3,5,9-10H2,(H,19,21). The summed E-state index contributed by atoms with van der Waals surface area (Å²) in [6, 6.07) is 3.97. The zero-order valence-electron chi connectivity index (χ0n) is 12.4. The van der Waals surface area contributed by atoms with E-state index in [2.05, 4.69) is 15.3 Å². The van der Waals surface area contributed by atoms with Crippen LogP contribution in [0.25, 0.3) is 0 Å². The Morgan fingerprint density at radius 3 is 3.04 bits per heavy atom. The maximum Gasteiger partial charge on any atom is 0.317 e. The molecule has 0 bridgehead atoms. The molecule has 0 saturated carbocycles. The predicted molar refractivity (Wildman–Crippen MR) is 83.8 cm³/mol. The van der Waals surface area contributed by atoms with E-state index in [0.717, 1.165) is 30.1 Å². The van der Waals surface area contributed by atoms with E-state index in [0.29, 0.717) is 19.6 Å². The lowest BCUT2D eigenvalue weighted by molar-refractivity contribution is 0.0936. The van der Waals surface area contributed by atoms with E-state index in [4.69, 9.17) is 4.74 Å². The summed E-state index contributed by atoms with van der Waals surface area (Å²) < 4.78 is 18.4. The Morgan fingerprint density at radius 2 is 2.30 bits per heavy atom. The molecule has 1 fully saturated rings. The van der Waals surface area contributed by atoms with Crippen molar-refractivity contribution in [1.29, 1.82) is 0 Å². The average molecular weight is 336 g/mol. The summed E-state index contributed by atoms with van der Waals surface area (Å²) in [4.78, 5) is 22.6. The third-order valence-corrected chi connectivity index (χ3v) is 4.40. The largest absolute Gasteiger partial charge is 0.458 e. The number of hydrogen-bond donors (Lipinski definition) is 1. The number of amides is 2. The normalized spacial score (nSPS) is 17.8. The minimum atomic E-state index is -0.504. The van der Waals surface area contributed by atoms with Gasteiger partial charge in [-0.1, -0.05) is 6.07 Å². The van der Waals surface area contributed by atoms with E-state index in [-0.39, 0.29) is 18.1 Å². The van der Waals surface area contributed by atoms with Crippen LogP contribution in [0.5, 0.6) is 6.01 Å². The van der Waals surface area contributed by atoms with Gasteiger partial charge < -0.3 is 15.0 Å². The highest BCUT2D eigenvalue weighted by atomic mass is 32.1. The molecule has 6 nitrogen and oxygen atoms in total. The highest BCUT2D eigenvalue weighted by molar-refractivity contribution is 7.09. The molecule has 0 spiro atoms. The summed E-state index contributed by atoms with van der Waals surface area (Å²) in [5, 5.41) is 4.89. The van der Waals surface area contributed by atoms with Gasteiger partial charge in [0.25, 0.3) is 0 Å². The molecule has 1 unspecified atom stereocenters. The lowest BCUT2D eigenvalue weighted by Crippen LogP contribution is -2.48.